The average Bonchev–Trinajstić information content (AvgIpc) is 2.83. The van der Waals surface area contributed by atoms with E-state index in [1.54, 1.807) is 16.7 Å². The van der Waals surface area contributed by atoms with Crippen molar-refractivity contribution in [3.05, 3.63) is 65.7 Å². The van der Waals surface area contributed by atoms with E-state index in [1.165, 1.54) is 0 Å². The number of piperidine rings is 1. The van der Waals surface area contributed by atoms with E-state index in [0.29, 0.717) is 31.1 Å². The SMILES string of the molecule is CC1(c2cccc(NC(=O)C3CCN(C(=O)OCc4ccccc4)CC3)c2)CCSC(N)=N1. The van der Waals surface area contributed by atoms with Crippen LogP contribution in [0.2, 0.25) is 0 Å². The molecule has 1 fully saturated rings. The minimum atomic E-state index is -0.373. The predicted molar refractivity (Wildman–Crippen MR) is 132 cm³/mol. The van der Waals surface area contributed by atoms with Crippen molar-refractivity contribution in [2.24, 2.45) is 16.6 Å². The lowest BCUT2D eigenvalue weighted by Crippen LogP contribution is -2.41. The number of hydrogen-bond donors (Lipinski definition) is 2. The molecule has 33 heavy (non-hydrogen) atoms. The minimum Gasteiger partial charge on any atom is -0.445 e. The van der Waals surface area contributed by atoms with E-state index in [2.05, 4.69) is 17.2 Å². The molecule has 2 heterocycles. The highest BCUT2D eigenvalue weighted by atomic mass is 32.2. The summed E-state index contributed by atoms with van der Waals surface area (Å²) in [6, 6.07) is 17.5. The Morgan fingerprint density at radius 2 is 1.94 bits per heavy atom. The van der Waals surface area contributed by atoms with E-state index in [1.807, 2.05) is 54.6 Å². The number of rotatable bonds is 5. The van der Waals surface area contributed by atoms with Crippen molar-refractivity contribution in [2.75, 3.05) is 24.2 Å². The molecule has 0 aliphatic carbocycles. The highest BCUT2D eigenvalue weighted by molar-refractivity contribution is 8.13. The van der Waals surface area contributed by atoms with Gasteiger partial charge in [-0.2, -0.15) is 0 Å². The van der Waals surface area contributed by atoms with E-state index < -0.39 is 0 Å². The van der Waals surface area contributed by atoms with E-state index in [0.717, 1.165) is 29.0 Å². The Balaban J connectivity index is 1.29. The van der Waals surface area contributed by atoms with Crippen LogP contribution in [-0.2, 0) is 21.7 Å². The van der Waals surface area contributed by atoms with Gasteiger partial charge in [0, 0.05) is 30.4 Å². The number of nitrogens with two attached hydrogens (primary N) is 1. The second-order valence-electron chi connectivity index (χ2n) is 8.69. The second kappa shape index (κ2) is 10.3. The van der Waals surface area contributed by atoms with Gasteiger partial charge in [-0.1, -0.05) is 54.2 Å². The monoisotopic (exact) mass is 466 g/mol. The largest absolute Gasteiger partial charge is 0.445 e. The third kappa shape index (κ3) is 5.87. The number of anilines is 1. The summed E-state index contributed by atoms with van der Waals surface area (Å²) in [4.78, 5) is 31.6. The van der Waals surface area contributed by atoms with Crippen molar-refractivity contribution in [1.29, 1.82) is 0 Å². The van der Waals surface area contributed by atoms with Gasteiger partial charge < -0.3 is 20.7 Å². The molecule has 2 aliphatic heterocycles. The lowest BCUT2D eigenvalue weighted by molar-refractivity contribution is -0.121. The summed E-state index contributed by atoms with van der Waals surface area (Å²) in [5.41, 5.74) is 8.33. The maximum Gasteiger partial charge on any atom is 0.410 e. The van der Waals surface area contributed by atoms with Gasteiger partial charge in [-0.05, 0) is 49.4 Å². The number of nitrogens with one attached hydrogen (secondary N) is 1. The lowest BCUT2D eigenvalue weighted by atomic mass is 9.89. The highest BCUT2D eigenvalue weighted by Crippen LogP contribution is 2.36. The van der Waals surface area contributed by atoms with Crippen LogP contribution in [0.25, 0.3) is 0 Å². The number of likely N-dealkylation sites (tertiary alicyclic amines) is 1. The maximum atomic E-state index is 12.9. The Hall–Kier alpha value is -3.00. The van der Waals surface area contributed by atoms with Crippen LogP contribution in [0.5, 0.6) is 0 Å². The second-order valence-corrected chi connectivity index (χ2v) is 9.81. The van der Waals surface area contributed by atoms with Gasteiger partial charge in [0.05, 0.1) is 5.54 Å². The van der Waals surface area contributed by atoms with Gasteiger partial charge in [0.25, 0.3) is 0 Å². The van der Waals surface area contributed by atoms with Crippen LogP contribution in [0.3, 0.4) is 0 Å². The summed E-state index contributed by atoms with van der Waals surface area (Å²) in [6.45, 7) is 3.35. The fourth-order valence-electron chi connectivity index (χ4n) is 4.21. The Bertz CT molecular complexity index is 1020. The number of thioether (sulfide) groups is 1. The van der Waals surface area contributed by atoms with Gasteiger partial charge in [0.2, 0.25) is 5.91 Å². The van der Waals surface area contributed by atoms with Crippen LogP contribution < -0.4 is 11.1 Å². The van der Waals surface area contributed by atoms with Crippen LogP contribution in [0.15, 0.2) is 59.6 Å². The molecule has 1 unspecified atom stereocenters. The number of carbonyl (C=O) groups excluding carboxylic acids is 2. The van der Waals surface area contributed by atoms with E-state index in [4.69, 9.17) is 10.5 Å². The molecule has 1 atom stereocenters. The van der Waals surface area contributed by atoms with E-state index in [-0.39, 0.29) is 30.1 Å². The Morgan fingerprint density at radius 1 is 1.18 bits per heavy atom. The fourth-order valence-corrected chi connectivity index (χ4v) is 5.18. The van der Waals surface area contributed by atoms with Crippen LogP contribution in [0.4, 0.5) is 10.5 Å². The molecule has 0 bridgehead atoms. The molecule has 2 aromatic carbocycles. The number of benzene rings is 2. The third-order valence-electron chi connectivity index (χ3n) is 6.28. The zero-order chi connectivity index (χ0) is 23.3. The molecule has 3 N–H and O–H groups in total. The van der Waals surface area contributed by atoms with Gasteiger partial charge >= 0.3 is 6.09 Å². The van der Waals surface area contributed by atoms with Gasteiger partial charge in [-0.25, -0.2) is 4.79 Å². The molecular weight excluding hydrogens is 436 g/mol. The molecule has 2 aromatic rings. The first-order chi connectivity index (χ1) is 15.9. The standard InChI is InChI=1S/C25H30N4O3S/c1-25(12-15-33-23(26)28-25)20-8-5-9-21(16-20)27-22(30)19-10-13-29(14-11-19)24(31)32-17-18-6-3-2-4-7-18/h2-9,16,19H,10-15,17H2,1H3,(H2,26,28)(H,27,30). The topological polar surface area (TPSA) is 97.0 Å². The molecule has 174 valence electrons. The normalized spacial score (nSPS) is 21.2. The van der Waals surface area contributed by atoms with E-state index in [9.17, 15) is 9.59 Å². The summed E-state index contributed by atoms with van der Waals surface area (Å²) in [7, 11) is 0. The number of aliphatic imine (C=N–C) groups is 1. The highest BCUT2D eigenvalue weighted by Gasteiger charge is 2.31. The molecule has 0 aromatic heterocycles. The smallest absolute Gasteiger partial charge is 0.410 e. The van der Waals surface area contributed by atoms with Crippen LogP contribution in [0.1, 0.15) is 37.3 Å². The number of amides is 2. The van der Waals surface area contributed by atoms with Gasteiger partial charge in [0.1, 0.15) is 6.61 Å². The number of nitrogens with zero attached hydrogens (tertiary/aromatic N) is 2. The first kappa shape index (κ1) is 23.2. The summed E-state index contributed by atoms with van der Waals surface area (Å²) in [5.74, 6) is 0.772. The first-order valence-electron chi connectivity index (χ1n) is 11.3. The molecule has 8 heteroatoms. The van der Waals surface area contributed by atoms with Crippen LogP contribution in [0, 0.1) is 5.92 Å². The molecule has 7 nitrogen and oxygen atoms in total. The van der Waals surface area contributed by atoms with Crippen molar-refractivity contribution in [1.82, 2.24) is 4.90 Å². The summed E-state index contributed by atoms with van der Waals surface area (Å²) >= 11 is 1.57. The zero-order valence-corrected chi connectivity index (χ0v) is 19.6. The first-order valence-corrected chi connectivity index (χ1v) is 12.3. The average molecular weight is 467 g/mol. The lowest BCUT2D eigenvalue weighted by Gasteiger charge is -2.31. The van der Waals surface area contributed by atoms with Gasteiger partial charge in [-0.15, -0.1) is 0 Å². The summed E-state index contributed by atoms with van der Waals surface area (Å²) in [5, 5.41) is 3.66. The van der Waals surface area contributed by atoms with Gasteiger partial charge in [-0.3, -0.25) is 9.79 Å². The molecule has 2 amide bonds. The number of carbonyl (C=O) groups is 2. The minimum absolute atomic E-state index is 0.0168. The number of amidine groups is 1. The van der Waals surface area contributed by atoms with Crippen molar-refractivity contribution in [3.63, 3.8) is 0 Å². The fraction of sp³-hybridized carbons (Fsp3) is 0.400. The molecule has 0 saturated carbocycles. The quantitative estimate of drug-likeness (QED) is 0.683. The summed E-state index contributed by atoms with van der Waals surface area (Å²) < 4.78 is 5.41. The molecule has 0 radical (unpaired) electrons. The van der Waals surface area contributed by atoms with Crippen molar-refractivity contribution < 1.29 is 14.3 Å². The molecule has 0 spiro atoms. The van der Waals surface area contributed by atoms with Gasteiger partial charge in [0.15, 0.2) is 5.17 Å². The van der Waals surface area contributed by atoms with E-state index >= 15 is 0 Å². The van der Waals surface area contributed by atoms with Crippen molar-refractivity contribution in [3.8, 4) is 0 Å². The number of ether oxygens (including phenoxy) is 1. The molecule has 1 saturated heterocycles. The summed E-state index contributed by atoms with van der Waals surface area (Å²) in [6.07, 6.45) is 1.79. The Labute approximate surface area is 198 Å². The Kier molecular flexibility index (Phi) is 7.23. The van der Waals surface area contributed by atoms with Crippen LogP contribution >= 0.6 is 11.8 Å². The maximum absolute atomic E-state index is 12.9. The zero-order valence-electron chi connectivity index (χ0n) is 18.8. The molecular formula is C25H30N4O3S. The number of hydrogen-bond acceptors (Lipinski definition) is 6. The molecule has 2 aliphatic rings. The molecule has 4 rings (SSSR count). The Morgan fingerprint density at radius 3 is 2.67 bits per heavy atom. The van der Waals surface area contributed by atoms with Crippen molar-refractivity contribution in [2.45, 2.75) is 38.3 Å². The third-order valence-corrected chi connectivity index (χ3v) is 7.07. The van der Waals surface area contributed by atoms with Crippen molar-refractivity contribution >= 4 is 34.6 Å². The van der Waals surface area contributed by atoms with Crippen LogP contribution in [-0.4, -0.2) is 40.9 Å². The predicted octanol–water partition coefficient (Wildman–Crippen LogP) is 4.34.